The van der Waals surface area contributed by atoms with Gasteiger partial charge in [0.2, 0.25) is 0 Å². The van der Waals surface area contributed by atoms with Crippen LogP contribution in [0.3, 0.4) is 0 Å². The van der Waals surface area contributed by atoms with Gasteiger partial charge in [-0.15, -0.1) is 0 Å². The molecule has 0 unspecified atom stereocenters. The van der Waals surface area contributed by atoms with Crippen molar-refractivity contribution in [2.75, 3.05) is 0 Å². The SMILES string of the molecule is CC(C)c1c2c(C=O)cccc2nn1C. The molecule has 3 heteroatoms. The third kappa shape index (κ3) is 1.44. The van der Waals surface area contributed by atoms with E-state index in [4.69, 9.17) is 0 Å². The lowest BCUT2D eigenvalue weighted by Crippen LogP contribution is -2.00. The first kappa shape index (κ1) is 9.90. The molecule has 0 fully saturated rings. The van der Waals surface area contributed by atoms with Crippen LogP contribution in [0.1, 0.15) is 35.8 Å². The predicted octanol–water partition coefficient (Wildman–Crippen LogP) is 2.51. The van der Waals surface area contributed by atoms with Crippen LogP contribution in [0.5, 0.6) is 0 Å². The smallest absolute Gasteiger partial charge is 0.150 e. The minimum atomic E-state index is 0.362. The highest BCUT2D eigenvalue weighted by atomic mass is 16.1. The molecular weight excluding hydrogens is 188 g/mol. The summed E-state index contributed by atoms with van der Waals surface area (Å²) in [5.41, 5.74) is 2.74. The molecule has 0 bridgehead atoms. The third-order valence-corrected chi connectivity index (χ3v) is 2.61. The van der Waals surface area contributed by atoms with Gasteiger partial charge >= 0.3 is 0 Å². The Bertz CT molecular complexity index is 512. The zero-order valence-corrected chi connectivity index (χ0v) is 9.19. The monoisotopic (exact) mass is 202 g/mol. The fraction of sp³-hybridized carbons (Fsp3) is 0.333. The molecule has 0 aliphatic rings. The van der Waals surface area contributed by atoms with Gasteiger partial charge in [-0.3, -0.25) is 9.48 Å². The Balaban J connectivity index is 2.88. The van der Waals surface area contributed by atoms with E-state index >= 15 is 0 Å². The highest BCUT2D eigenvalue weighted by molar-refractivity contribution is 5.98. The van der Waals surface area contributed by atoms with Crippen LogP contribution in [0.25, 0.3) is 10.9 Å². The second-order valence-electron chi connectivity index (χ2n) is 4.02. The number of nitrogens with zero attached hydrogens (tertiary/aromatic N) is 2. The number of carbonyl (C=O) groups is 1. The van der Waals surface area contributed by atoms with Gasteiger partial charge in [-0.2, -0.15) is 5.10 Å². The van der Waals surface area contributed by atoms with E-state index in [1.54, 1.807) is 0 Å². The van der Waals surface area contributed by atoms with Crippen LogP contribution in [0, 0.1) is 0 Å². The van der Waals surface area contributed by atoms with Crippen LogP contribution in [0.2, 0.25) is 0 Å². The lowest BCUT2D eigenvalue weighted by Gasteiger charge is -2.06. The Morgan fingerprint density at radius 3 is 2.73 bits per heavy atom. The van der Waals surface area contributed by atoms with Gasteiger partial charge in [-0.1, -0.05) is 26.0 Å². The second-order valence-corrected chi connectivity index (χ2v) is 4.02. The Morgan fingerprint density at radius 2 is 2.13 bits per heavy atom. The molecule has 0 radical (unpaired) electrons. The zero-order chi connectivity index (χ0) is 11.0. The molecule has 0 N–H and O–H groups in total. The molecule has 1 aromatic carbocycles. The summed E-state index contributed by atoms with van der Waals surface area (Å²) in [6, 6.07) is 5.64. The molecule has 2 rings (SSSR count). The summed E-state index contributed by atoms with van der Waals surface area (Å²) in [6.07, 6.45) is 0.899. The summed E-state index contributed by atoms with van der Waals surface area (Å²) in [6.45, 7) is 4.22. The van der Waals surface area contributed by atoms with Crippen LogP contribution in [-0.2, 0) is 7.05 Å². The molecule has 0 aliphatic carbocycles. The molecule has 0 saturated carbocycles. The van der Waals surface area contributed by atoms with E-state index in [0.717, 1.165) is 28.4 Å². The summed E-state index contributed by atoms with van der Waals surface area (Å²) in [7, 11) is 1.92. The van der Waals surface area contributed by atoms with Crippen molar-refractivity contribution in [1.82, 2.24) is 9.78 Å². The van der Waals surface area contributed by atoms with E-state index in [2.05, 4.69) is 18.9 Å². The summed E-state index contributed by atoms with van der Waals surface area (Å²) >= 11 is 0. The van der Waals surface area contributed by atoms with E-state index in [9.17, 15) is 4.79 Å². The number of aldehydes is 1. The van der Waals surface area contributed by atoms with Gasteiger partial charge in [0, 0.05) is 23.7 Å². The van der Waals surface area contributed by atoms with Crippen LogP contribution in [0.15, 0.2) is 18.2 Å². The number of hydrogen-bond donors (Lipinski definition) is 0. The molecule has 0 spiro atoms. The van der Waals surface area contributed by atoms with Gasteiger partial charge < -0.3 is 0 Å². The first-order valence-electron chi connectivity index (χ1n) is 5.06. The first-order valence-corrected chi connectivity index (χ1v) is 5.06. The van der Waals surface area contributed by atoms with Gasteiger partial charge in [0.15, 0.2) is 6.29 Å². The molecule has 15 heavy (non-hydrogen) atoms. The molecule has 0 atom stereocenters. The molecule has 1 aromatic heterocycles. The topological polar surface area (TPSA) is 34.9 Å². The molecule has 0 aliphatic heterocycles. The van der Waals surface area contributed by atoms with Crippen molar-refractivity contribution in [1.29, 1.82) is 0 Å². The largest absolute Gasteiger partial charge is 0.298 e. The summed E-state index contributed by atoms with van der Waals surface area (Å²) in [5, 5.41) is 5.39. The fourth-order valence-electron chi connectivity index (χ4n) is 2.06. The van der Waals surface area contributed by atoms with Crippen molar-refractivity contribution < 1.29 is 4.79 Å². The van der Waals surface area contributed by atoms with Crippen LogP contribution in [-0.4, -0.2) is 16.1 Å². The number of benzene rings is 1. The minimum absolute atomic E-state index is 0.362. The number of fused-ring (bicyclic) bond motifs is 1. The van der Waals surface area contributed by atoms with E-state index in [0.29, 0.717) is 5.92 Å². The maximum Gasteiger partial charge on any atom is 0.150 e. The quantitative estimate of drug-likeness (QED) is 0.701. The van der Waals surface area contributed by atoms with Gasteiger partial charge in [-0.25, -0.2) is 0 Å². The van der Waals surface area contributed by atoms with E-state index in [1.807, 2.05) is 29.9 Å². The number of aromatic nitrogens is 2. The van der Waals surface area contributed by atoms with E-state index in [-0.39, 0.29) is 0 Å². The highest BCUT2D eigenvalue weighted by Gasteiger charge is 2.14. The normalized spacial score (nSPS) is 11.2. The lowest BCUT2D eigenvalue weighted by molar-refractivity contribution is 0.112. The molecule has 0 saturated heterocycles. The maximum absolute atomic E-state index is 11.0. The van der Waals surface area contributed by atoms with Crippen molar-refractivity contribution in [3.63, 3.8) is 0 Å². The third-order valence-electron chi connectivity index (χ3n) is 2.61. The number of aryl methyl sites for hydroxylation is 1. The van der Waals surface area contributed by atoms with Crippen LogP contribution < -0.4 is 0 Å². The van der Waals surface area contributed by atoms with E-state index in [1.165, 1.54) is 0 Å². The number of rotatable bonds is 2. The average molecular weight is 202 g/mol. The Hall–Kier alpha value is -1.64. The average Bonchev–Trinajstić information content (AvgIpc) is 2.53. The van der Waals surface area contributed by atoms with Gasteiger partial charge in [-0.05, 0) is 12.0 Å². The van der Waals surface area contributed by atoms with Crippen molar-refractivity contribution in [2.45, 2.75) is 19.8 Å². The first-order chi connectivity index (χ1) is 7.15. The molecule has 3 nitrogen and oxygen atoms in total. The Morgan fingerprint density at radius 1 is 1.40 bits per heavy atom. The fourth-order valence-corrected chi connectivity index (χ4v) is 2.06. The van der Waals surface area contributed by atoms with Crippen molar-refractivity contribution >= 4 is 17.2 Å². The van der Waals surface area contributed by atoms with Crippen LogP contribution in [0.4, 0.5) is 0 Å². The minimum Gasteiger partial charge on any atom is -0.298 e. The maximum atomic E-state index is 11.0. The Kier molecular flexibility index (Phi) is 2.31. The lowest BCUT2D eigenvalue weighted by atomic mass is 10.0. The van der Waals surface area contributed by atoms with Crippen molar-refractivity contribution in [3.8, 4) is 0 Å². The van der Waals surface area contributed by atoms with Crippen molar-refractivity contribution in [2.24, 2.45) is 7.05 Å². The van der Waals surface area contributed by atoms with Gasteiger partial charge in [0.25, 0.3) is 0 Å². The Labute approximate surface area is 88.7 Å². The standard InChI is InChI=1S/C12H14N2O/c1-8(2)12-11-9(7-15)5-4-6-10(11)13-14(12)3/h4-8H,1-3H3. The molecule has 2 aromatic rings. The summed E-state index contributed by atoms with van der Waals surface area (Å²) in [4.78, 5) is 11.0. The highest BCUT2D eigenvalue weighted by Crippen LogP contribution is 2.26. The summed E-state index contributed by atoms with van der Waals surface area (Å²) in [5.74, 6) is 0.362. The summed E-state index contributed by atoms with van der Waals surface area (Å²) < 4.78 is 1.86. The zero-order valence-electron chi connectivity index (χ0n) is 9.19. The molecule has 0 amide bonds. The predicted molar refractivity (Wildman–Crippen MR) is 60.2 cm³/mol. The number of hydrogen-bond acceptors (Lipinski definition) is 2. The van der Waals surface area contributed by atoms with Crippen LogP contribution >= 0.6 is 0 Å². The van der Waals surface area contributed by atoms with Crippen molar-refractivity contribution in [3.05, 3.63) is 29.5 Å². The number of carbonyl (C=O) groups excluding carboxylic acids is 1. The molecule has 78 valence electrons. The molecular formula is C12H14N2O. The molecule has 1 heterocycles. The van der Waals surface area contributed by atoms with E-state index < -0.39 is 0 Å². The van der Waals surface area contributed by atoms with Gasteiger partial charge in [0.1, 0.15) is 0 Å². The second kappa shape index (κ2) is 3.50. The van der Waals surface area contributed by atoms with Gasteiger partial charge in [0.05, 0.1) is 5.52 Å².